The number of amides is 2. The van der Waals surface area contributed by atoms with Crippen LogP contribution in [0.1, 0.15) is 30.1 Å². The van der Waals surface area contributed by atoms with E-state index in [-0.39, 0.29) is 42.6 Å². The second-order valence-corrected chi connectivity index (χ2v) is 7.64. The number of nitrogens with one attached hydrogen (secondary N) is 2. The first-order valence-corrected chi connectivity index (χ1v) is 10.9. The number of rotatable bonds is 8. The molecular formula is C23H22Cl2F2N2O5. The summed E-state index contributed by atoms with van der Waals surface area (Å²) in [5.41, 5.74) is 0.876. The van der Waals surface area contributed by atoms with E-state index in [1.807, 2.05) is 0 Å². The Balaban J connectivity index is 0.000000266. The summed E-state index contributed by atoms with van der Waals surface area (Å²) in [5.74, 6) is -1.87. The van der Waals surface area contributed by atoms with Crippen LogP contribution in [0, 0.1) is 11.6 Å². The predicted octanol–water partition coefficient (Wildman–Crippen LogP) is 4.46. The van der Waals surface area contributed by atoms with Crippen LogP contribution in [0.5, 0.6) is 11.5 Å². The van der Waals surface area contributed by atoms with Crippen molar-refractivity contribution in [1.29, 1.82) is 0 Å². The third-order valence-corrected chi connectivity index (χ3v) is 5.22. The molecule has 0 atom stereocenters. The number of ketones is 1. The second kappa shape index (κ2) is 13.5. The van der Waals surface area contributed by atoms with E-state index in [2.05, 4.69) is 10.6 Å². The van der Waals surface area contributed by atoms with E-state index in [4.69, 9.17) is 32.7 Å². The van der Waals surface area contributed by atoms with Gasteiger partial charge in [0.25, 0.3) is 5.91 Å². The minimum absolute atomic E-state index is 0.121. The van der Waals surface area contributed by atoms with Gasteiger partial charge in [-0.3, -0.25) is 14.4 Å². The van der Waals surface area contributed by atoms with Crippen molar-refractivity contribution in [2.75, 3.05) is 19.8 Å². The molecule has 182 valence electrons. The van der Waals surface area contributed by atoms with Crippen LogP contribution in [-0.4, -0.2) is 37.9 Å². The highest BCUT2D eigenvalue weighted by Gasteiger charge is 2.21. The van der Waals surface area contributed by atoms with Crippen LogP contribution >= 0.6 is 23.2 Å². The lowest BCUT2D eigenvalue weighted by Gasteiger charge is -2.15. The van der Waals surface area contributed by atoms with Gasteiger partial charge in [0.15, 0.2) is 24.0 Å². The molecule has 0 unspecified atom stereocenters. The van der Waals surface area contributed by atoms with Crippen LogP contribution in [0.4, 0.5) is 8.78 Å². The molecule has 0 saturated heterocycles. The Morgan fingerprint density at radius 2 is 1.91 bits per heavy atom. The third-order valence-electron chi connectivity index (χ3n) is 4.48. The largest absolute Gasteiger partial charge is 0.492 e. The van der Waals surface area contributed by atoms with E-state index in [1.54, 1.807) is 31.2 Å². The maximum atomic E-state index is 12.7. The summed E-state index contributed by atoms with van der Waals surface area (Å²) in [7, 11) is 0. The Bertz CT molecular complexity index is 1080. The fraction of sp³-hybridized carbons (Fsp3) is 0.261. The number of fused-ring (bicyclic) bond motifs is 1. The first kappa shape index (κ1) is 27.1. The van der Waals surface area contributed by atoms with Crippen LogP contribution in [0.25, 0.3) is 0 Å². The zero-order valence-electron chi connectivity index (χ0n) is 18.1. The third kappa shape index (κ3) is 8.31. The first-order valence-electron chi connectivity index (χ1n) is 10.1. The summed E-state index contributed by atoms with van der Waals surface area (Å²) in [6.07, 6.45) is 3.13. The van der Waals surface area contributed by atoms with Crippen molar-refractivity contribution in [2.24, 2.45) is 0 Å². The normalized spacial score (nSPS) is 12.5. The molecule has 1 aliphatic rings. The molecule has 3 rings (SSSR count). The highest BCUT2D eigenvalue weighted by Crippen LogP contribution is 2.27. The maximum Gasteiger partial charge on any atom is 0.257 e. The maximum absolute atomic E-state index is 12.7. The van der Waals surface area contributed by atoms with Gasteiger partial charge >= 0.3 is 0 Å². The van der Waals surface area contributed by atoms with Crippen LogP contribution in [-0.2, 0) is 9.59 Å². The second-order valence-electron chi connectivity index (χ2n) is 6.82. The molecular weight excluding hydrogens is 493 g/mol. The fourth-order valence-corrected chi connectivity index (χ4v) is 3.02. The van der Waals surface area contributed by atoms with Gasteiger partial charge in [0.1, 0.15) is 11.5 Å². The number of ether oxygens (including phenoxy) is 2. The lowest BCUT2D eigenvalue weighted by Crippen LogP contribution is -2.30. The zero-order chi connectivity index (χ0) is 25.1. The van der Waals surface area contributed by atoms with Crippen molar-refractivity contribution in [3.8, 4) is 11.5 Å². The molecule has 1 heterocycles. The van der Waals surface area contributed by atoms with Crippen molar-refractivity contribution in [3.63, 3.8) is 0 Å². The summed E-state index contributed by atoms with van der Waals surface area (Å²) in [6.45, 7) is 2.33. The molecule has 0 saturated carbocycles. The average Bonchev–Trinajstić information content (AvgIpc) is 2.81. The standard InChI is InChI=1S/C14H16Cl2N2O3.C9H6F2O2/c1-2-10(18-9-19)5-6-17-14(20)8-21-11-3-4-12(15)13(16)7-11;10-6-3-5-8(12)1-2-13-9(5)4-7(6)11/h2-4,7,9H,5-6,8H2,1H3,(H,17,20)(H,18,19);3-4H,1-2H2/b10-2+;. The van der Waals surface area contributed by atoms with E-state index >= 15 is 0 Å². The number of hydrogen-bond donors (Lipinski definition) is 2. The molecule has 1 aliphatic heterocycles. The lowest BCUT2D eigenvalue weighted by molar-refractivity contribution is -0.123. The van der Waals surface area contributed by atoms with Gasteiger partial charge in [-0.15, -0.1) is 0 Å². The molecule has 0 fully saturated rings. The molecule has 0 aromatic heterocycles. The molecule has 2 aromatic carbocycles. The predicted molar refractivity (Wildman–Crippen MR) is 123 cm³/mol. The number of benzene rings is 2. The van der Waals surface area contributed by atoms with Gasteiger partial charge in [0.05, 0.1) is 22.2 Å². The Labute approximate surface area is 205 Å². The summed E-state index contributed by atoms with van der Waals surface area (Å²) >= 11 is 11.6. The minimum atomic E-state index is -1.02. The Morgan fingerprint density at radius 3 is 2.59 bits per heavy atom. The van der Waals surface area contributed by atoms with Crippen molar-refractivity contribution >= 4 is 41.3 Å². The van der Waals surface area contributed by atoms with Gasteiger partial charge in [-0.2, -0.15) is 0 Å². The SMILES string of the molecule is C/C=C(\CCNC(=O)COc1ccc(Cl)c(Cl)c1)NC=O.O=C1CCOc2cc(F)c(F)cc21. The molecule has 0 aliphatic carbocycles. The topological polar surface area (TPSA) is 93.7 Å². The number of carbonyl (C=O) groups excluding carboxylic acids is 3. The van der Waals surface area contributed by atoms with Crippen LogP contribution in [0.2, 0.25) is 10.0 Å². The van der Waals surface area contributed by atoms with Gasteiger partial charge in [-0.05, 0) is 25.1 Å². The van der Waals surface area contributed by atoms with E-state index in [9.17, 15) is 23.2 Å². The first-order chi connectivity index (χ1) is 16.2. The van der Waals surface area contributed by atoms with Gasteiger partial charge in [-0.25, -0.2) is 8.78 Å². The smallest absolute Gasteiger partial charge is 0.257 e. The highest BCUT2D eigenvalue weighted by atomic mass is 35.5. The lowest BCUT2D eigenvalue weighted by atomic mass is 10.0. The van der Waals surface area contributed by atoms with E-state index in [1.165, 1.54) is 0 Å². The summed E-state index contributed by atoms with van der Waals surface area (Å²) in [4.78, 5) is 33.1. The van der Waals surface area contributed by atoms with Gasteiger partial charge < -0.3 is 20.1 Å². The highest BCUT2D eigenvalue weighted by molar-refractivity contribution is 6.42. The van der Waals surface area contributed by atoms with E-state index in [0.29, 0.717) is 35.2 Å². The summed E-state index contributed by atoms with van der Waals surface area (Å²) < 4.78 is 35.7. The van der Waals surface area contributed by atoms with Gasteiger partial charge in [-0.1, -0.05) is 29.3 Å². The van der Waals surface area contributed by atoms with Crippen molar-refractivity contribution < 1.29 is 32.6 Å². The molecule has 7 nitrogen and oxygen atoms in total. The number of carbonyl (C=O) groups is 3. The van der Waals surface area contributed by atoms with Gasteiger partial charge in [0, 0.05) is 37.2 Å². The number of allylic oxidation sites excluding steroid dienone is 1. The number of Topliss-reactive ketones (excluding diaryl/α,β-unsaturated/α-hetero) is 1. The quantitative estimate of drug-likeness (QED) is 0.507. The molecule has 2 N–H and O–H groups in total. The van der Waals surface area contributed by atoms with E-state index in [0.717, 1.165) is 17.8 Å². The van der Waals surface area contributed by atoms with Crippen molar-refractivity contribution in [3.05, 3.63) is 69.3 Å². The van der Waals surface area contributed by atoms with Crippen molar-refractivity contribution in [1.82, 2.24) is 10.6 Å². The molecule has 0 spiro atoms. The monoisotopic (exact) mass is 514 g/mol. The summed E-state index contributed by atoms with van der Waals surface area (Å²) in [6, 6.07) is 6.56. The van der Waals surface area contributed by atoms with Crippen LogP contribution in [0.3, 0.4) is 0 Å². The molecule has 0 radical (unpaired) electrons. The molecule has 2 amide bonds. The van der Waals surface area contributed by atoms with E-state index < -0.39 is 11.6 Å². The number of hydrogen-bond acceptors (Lipinski definition) is 5. The van der Waals surface area contributed by atoms with Crippen molar-refractivity contribution in [2.45, 2.75) is 19.8 Å². The molecule has 0 bridgehead atoms. The Kier molecular flexibility index (Phi) is 10.8. The zero-order valence-corrected chi connectivity index (χ0v) is 19.6. The van der Waals surface area contributed by atoms with Gasteiger partial charge in [0.2, 0.25) is 6.41 Å². The Hall–Kier alpha value is -3.17. The molecule has 11 heteroatoms. The van der Waals surface area contributed by atoms with Crippen LogP contribution in [0.15, 0.2) is 42.1 Å². The molecule has 34 heavy (non-hydrogen) atoms. The molecule has 2 aromatic rings. The average molecular weight is 515 g/mol. The summed E-state index contributed by atoms with van der Waals surface area (Å²) in [5, 5.41) is 6.02. The fourth-order valence-electron chi connectivity index (χ4n) is 2.73. The Morgan fingerprint density at radius 1 is 1.18 bits per heavy atom. The number of halogens is 4. The minimum Gasteiger partial charge on any atom is -0.492 e. The van der Waals surface area contributed by atoms with Crippen LogP contribution < -0.4 is 20.1 Å².